The minimum absolute atomic E-state index is 0.104. The van der Waals surface area contributed by atoms with Gasteiger partial charge in [-0.1, -0.05) is 60.7 Å². The Morgan fingerprint density at radius 2 is 1.38 bits per heavy atom. The molecule has 3 aromatic rings. The number of rotatable bonds is 5. The van der Waals surface area contributed by atoms with Crippen LogP contribution in [0.15, 0.2) is 91.0 Å². The SMILES string of the molecule is O=C(/C=C/c1ccccc1)NC(=S)Nc1ccccc1C(=O)Nc1ccccc1. The Labute approximate surface area is 174 Å². The van der Waals surface area contributed by atoms with Crippen LogP contribution in [0.4, 0.5) is 11.4 Å². The van der Waals surface area contributed by atoms with E-state index in [4.69, 9.17) is 12.2 Å². The largest absolute Gasteiger partial charge is 0.332 e. The smallest absolute Gasteiger partial charge is 0.257 e. The van der Waals surface area contributed by atoms with Crippen LogP contribution in [0, 0.1) is 0 Å². The molecule has 0 spiro atoms. The first-order valence-corrected chi connectivity index (χ1v) is 9.33. The topological polar surface area (TPSA) is 70.2 Å². The third-order valence-corrected chi connectivity index (χ3v) is 4.12. The third kappa shape index (κ3) is 6.12. The van der Waals surface area contributed by atoms with Crippen LogP contribution in [0.25, 0.3) is 6.08 Å². The number of carbonyl (C=O) groups is 2. The summed E-state index contributed by atoms with van der Waals surface area (Å²) in [5.74, 6) is -0.644. The molecule has 0 bridgehead atoms. The lowest BCUT2D eigenvalue weighted by Crippen LogP contribution is -2.33. The van der Waals surface area contributed by atoms with Gasteiger partial charge in [0, 0.05) is 11.8 Å². The van der Waals surface area contributed by atoms with Crippen LogP contribution in [0.2, 0.25) is 0 Å². The van der Waals surface area contributed by atoms with Gasteiger partial charge >= 0.3 is 0 Å². The van der Waals surface area contributed by atoms with Gasteiger partial charge < -0.3 is 10.6 Å². The normalized spacial score (nSPS) is 10.3. The maximum atomic E-state index is 12.6. The average Bonchev–Trinajstić information content (AvgIpc) is 2.74. The van der Waals surface area contributed by atoms with Crippen LogP contribution in [0.3, 0.4) is 0 Å². The number of thiocarbonyl (C=S) groups is 1. The van der Waals surface area contributed by atoms with Gasteiger partial charge in [0.1, 0.15) is 0 Å². The van der Waals surface area contributed by atoms with Gasteiger partial charge in [0.2, 0.25) is 5.91 Å². The van der Waals surface area contributed by atoms with Crippen molar-refractivity contribution in [1.29, 1.82) is 0 Å². The molecule has 2 amide bonds. The fourth-order valence-corrected chi connectivity index (χ4v) is 2.76. The maximum Gasteiger partial charge on any atom is 0.257 e. The Morgan fingerprint density at radius 1 is 0.759 bits per heavy atom. The van der Waals surface area contributed by atoms with Crippen molar-refractivity contribution >= 4 is 46.6 Å². The molecule has 6 heteroatoms. The van der Waals surface area contributed by atoms with E-state index in [1.165, 1.54) is 6.08 Å². The maximum absolute atomic E-state index is 12.6. The molecule has 3 aromatic carbocycles. The summed E-state index contributed by atoms with van der Waals surface area (Å²) >= 11 is 5.21. The number of amides is 2. The van der Waals surface area contributed by atoms with Gasteiger partial charge in [0.25, 0.3) is 5.91 Å². The van der Waals surface area contributed by atoms with Gasteiger partial charge in [-0.2, -0.15) is 0 Å². The number of carbonyl (C=O) groups excluding carboxylic acids is 2. The van der Waals surface area contributed by atoms with Gasteiger partial charge in [-0.3, -0.25) is 14.9 Å². The predicted molar refractivity (Wildman–Crippen MR) is 121 cm³/mol. The predicted octanol–water partition coefficient (Wildman–Crippen LogP) is 4.47. The molecule has 3 rings (SSSR count). The van der Waals surface area contributed by atoms with Crippen LogP contribution in [0.1, 0.15) is 15.9 Å². The van der Waals surface area contributed by atoms with Crippen molar-refractivity contribution < 1.29 is 9.59 Å². The molecule has 5 nitrogen and oxygen atoms in total. The third-order valence-electron chi connectivity index (χ3n) is 3.92. The van der Waals surface area contributed by atoms with E-state index in [-0.39, 0.29) is 16.9 Å². The molecule has 0 fully saturated rings. The number of hydrogen-bond donors (Lipinski definition) is 3. The highest BCUT2D eigenvalue weighted by atomic mass is 32.1. The highest BCUT2D eigenvalue weighted by Gasteiger charge is 2.12. The Balaban J connectivity index is 1.62. The molecule has 3 N–H and O–H groups in total. The zero-order valence-corrected chi connectivity index (χ0v) is 16.3. The molecule has 0 saturated heterocycles. The molecule has 0 unspecified atom stereocenters. The van der Waals surface area contributed by atoms with Crippen LogP contribution in [0.5, 0.6) is 0 Å². The van der Waals surface area contributed by atoms with E-state index in [0.717, 1.165) is 5.56 Å². The second-order valence-corrected chi connectivity index (χ2v) is 6.46. The summed E-state index contributed by atoms with van der Waals surface area (Å²) in [5.41, 5.74) is 2.50. The standard InChI is InChI=1S/C23H19N3O2S/c27-21(16-15-17-9-3-1-4-10-17)26-23(29)25-20-14-8-7-13-19(20)22(28)24-18-11-5-2-6-12-18/h1-16H,(H,24,28)(H2,25,26,27,29)/b16-15+. The van der Waals surface area contributed by atoms with Gasteiger partial charge in [0.15, 0.2) is 5.11 Å². The van der Waals surface area contributed by atoms with Crippen molar-refractivity contribution in [3.63, 3.8) is 0 Å². The van der Waals surface area contributed by atoms with Gasteiger partial charge in [0.05, 0.1) is 11.3 Å². The van der Waals surface area contributed by atoms with Crippen LogP contribution < -0.4 is 16.0 Å². The van der Waals surface area contributed by atoms with E-state index in [1.54, 1.807) is 42.5 Å². The lowest BCUT2D eigenvalue weighted by molar-refractivity contribution is -0.115. The molecule has 0 aromatic heterocycles. The summed E-state index contributed by atoms with van der Waals surface area (Å²) in [4.78, 5) is 24.7. The van der Waals surface area contributed by atoms with Gasteiger partial charge in [-0.25, -0.2) is 0 Å². The Hall–Kier alpha value is -3.77. The summed E-state index contributed by atoms with van der Waals surface area (Å²) in [7, 11) is 0. The van der Waals surface area contributed by atoms with Gasteiger partial charge in [-0.15, -0.1) is 0 Å². The average molecular weight is 401 g/mol. The van der Waals surface area contributed by atoms with E-state index in [2.05, 4.69) is 16.0 Å². The zero-order valence-electron chi connectivity index (χ0n) is 15.5. The number of nitrogens with one attached hydrogen (secondary N) is 3. The molecule has 29 heavy (non-hydrogen) atoms. The van der Waals surface area contributed by atoms with Crippen molar-refractivity contribution in [3.05, 3.63) is 102 Å². The van der Waals surface area contributed by atoms with E-state index in [1.807, 2.05) is 48.5 Å². The lowest BCUT2D eigenvalue weighted by Gasteiger charge is -2.13. The molecule has 0 heterocycles. The van der Waals surface area contributed by atoms with Crippen molar-refractivity contribution in [1.82, 2.24) is 5.32 Å². The van der Waals surface area contributed by atoms with Crippen molar-refractivity contribution in [3.8, 4) is 0 Å². The highest BCUT2D eigenvalue weighted by Crippen LogP contribution is 2.17. The monoisotopic (exact) mass is 401 g/mol. The van der Waals surface area contributed by atoms with E-state index >= 15 is 0 Å². The Kier molecular flexibility index (Phi) is 6.86. The lowest BCUT2D eigenvalue weighted by atomic mass is 10.1. The summed E-state index contributed by atoms with van der Waals surface area (Å²) in [6.07, 6.45) is 3.09. The summed E-state index contributed by atoms with van der Waals surface area (Å²) in [6.45, 7) is 0. The van der Waals surface area contributed by atoms with E-state index in [0.29, 0.717) is 16.9 Å². The van der Waals surface area contributed by atoms with Crippen LogP contribution in [-0.4, -0.2) is 16.9 Å². The first-order valence-electron chi connectivity index (χ1n) is 8.92. The Bertz CT molecular complexity index is 1030. The second kappa shape index (κ2) is 9.96. The van der Waals surface area contributed by atoms with Crippen molar-refractivity contribution in [2.45, 2.75) is 0 Å². The fourth-order valence-electron chi connectivity index (χ4n) is 2.55. The number of para-hydroxylation sites is 2. The number of anilines is 2. The molecule has 0 aliphatic carbocycles. The van der Waals surface area contributed by atoms with E-state index < -0.39 is 0 Å². The molecule has 0 saturated carbocycles. The van der Waals surface area contributed by atoms with Crippen LogP contribution >= 0.6 is 12.2 Å². The first-order chi connectivity index (χ1) is 14.1. The number of hydrogen-bond acceptors (Lipinski definition) is 3. The zero-order chi connectivity index (χ0) is 20.5. The fraction of sp³-hybridized carbons (Fsp3) is 0. The minimum Gasteiger partial charge on any atom is -0.332 e. The number of benzene rings is 3. The first kappa shape index (κ1) is 20.0. The Morgan fingerprint density at radius 3 is 2.10 bits per heavy atom. The van der Waals surface area contributed by atoms with Gasteiger partial charge in [-0.05, 0) is 48.1 Å². The molecular formula is C23H19N3O2S. The van der Waals surface area contributed by atoms with Crippen LogP contribution in [-0.2, 0) is 4.79 Å². The summed E-state index contributed by atoms with van der Waals surface area (Å²) < 4.78 is 0. The van der Waals surface area contributed by atoms with E-state index in [9.17, 15) is 9.59 Å². The molecule has 0 aliphatic rings. The highest BCUT2D eigenvalue weighted by molar-refractivity contribution is 7.80. The quantitative estimate of drug-likeness (QED) is 0.436. The molecular weight excluding hydrogens is 382 g/mol. The molecule has 0 atom stereocenters. The minimum atomic E-state index is -0.363. The summed E-state index contributed by atoms with van der Waals surface area (Å²) in [5, 5.41) is 8.42. The van der Waals surface area contributed by atoms with Crippen molar-refractivity contribution in [2.75, 3.05) is 10.6 Å². The second-order valence-electron chi connectivity index (χ2n) is 6.05. The molecule has 0 aliphatic heterocycles. The molecule has 144 valence electrons. The van der Waals surface area contributed by atoms with Crippen molar-refractivity contribution in [2.24, 2.45) is 0 Å². The molecule has 0 radical (unpaired) electrons. The summed E-state index contributed by atoms with van der Waals surface area (Å²) in [6, 6.07) is 25.6.